The Balaban J connectivity index is 0.00000338. The number of halogens is 1. The highest BCUT2D eigenvalue weighted by Crippen LogP contribution is 2.15. The van der Waals surface area contributed by atoms with Crippen molar-refractivity contribution in [2.75, 3.05) is 19.7 Å². The molecule has 0 spiro atoms. The first kappa shape index (κ1) is 22.4. The van der Waals surface area contributed by atoms with Crippen LogP contribution in [0.15, 0.2) is 59.7 Å². The second kappa shape index (κ2) is 13.5. The lowest BCUT2D eigenvalue weighted by molar-refractivity contribution is 0.0646. The van der Waals surface area contributed by atoms with Gasteiger partial charge in [-0.25, -0.2) is 4.99 Å². The highest BCUT2D eigenvalue weighted by Gasteiger charge is 2.04. The predicted octanol–water partition coefficient (Wildman–Crippen LogP) is 3.92. The predicted molar refractivity (Wildman–Crippen MR) is 118 cm³/mol. The SMILES string of the molecule is CCNC(=NCc1ccccn1)NCCCOC(C)c1ccccc1.I. The van der Waals surface area contributed by atoms with E-state index in [0.29, 0.717) is 13.2 Å². The molecule has 1 unspecified atom stereocenters. The third-order valence-corrected chi connectivity index (χ3v) is 3.72. The zero-order valence-electron chi connectivity index (χ0n) is 15.5. The molecule has 26 heavy (non-hydrogen) atoms. The van der Waals surface area contributed by atoms with Gasteiger partial charge in [-0.3, -0.25) is 4.98 Å². The van der Waals surface area contributed by atoms with Crippen LogP contribution in [0.2, 0.25) is 0 Å². The normalized spacial score (nSPS) is 12.2. The Bertz CT molecular complexity index is 622. The molecule has 0 radical (unpaired) electrons. The van der Waals surface area contributed by atoms with Gasteiger partial charge in [-0.15, -0.1) is 24.0 Å². The van der Waals surface area contributed by atoms with Gasteiger partial charge < -0.3 is 15.4 Å². The number of nitrogens with zero attached hydrogens (tertiary/aromatic N) is 2. The summed E-state index contributed by atoms with van der Waals surface area (Å²) in [6.07, 6.45) is 2.83. The lowest BCUT2D eigenvalue weighted by Crippen LogP contribution is -2.38. The first-order valence-electron chi connectivity index (χ1n) is 8.88. The summed E-state index contributed by atoms with van der Waals surface area (Å²) in [4.78, 5) is 8.84. The Morgan fingerprint density at radius 2 is 1.88 bits per heavy atom. The maximum Gasteiger partial charge on any atom is 0.191 e. The molecule has 0 fully saturated rings. The molecule has 1 heterocycles. The van der Waals surface area contributed by atoms with Gasteiger partial charge in [0.1, 0.15) is 0 Å². The largest absolute Gasteiger partial charge is 0.374 e. The van der Waals surface area contributed by atoms with Crippen molar-refractivity contribution in [1.82, 2.24) is 15.6 Å². The molecule has 0 aliphatic rings. The molecule has 1 aromatic heterocycles. The Hall–Kier alpha value is -1.67. The van der Waals surface area contributed by atoms with Gasteiger partial charge in [-0.05, 0) is 38.0 Å². The zero-order chi connectivity index (χ0) is 17.7. The molecule has 0 aliphatic heterocycles. The fourth-order valence-electron chi connectivity index (χ4n) is 2.35. The molecule has 0 saturated carbocycles. The Kier molecular flexibility index (Phi) is 11.6. The fraction of sp³-hybridized carbons (Fsp3) is 0.400. The number of rotatable bonds is 9. The van der Waals surface area contributed by atoms with Crippen LogP contribution < -0.4 is 10.6 Å². The minimum Gasteiger partial charge on any atom is -0.374 e. The van der Waals surface area contributed by atoms with Crippen molar-refractivity contribution < 1.29 is 4.74 Å². The van der Waals surface area contributed by atoms with E-state index in [1.165, 1.54) is 5.56 Å². The van der Waals surface area contributed by atoms with E-state index in [-0.39, 0.29) is 30.1 Å². The van der Waals surface area contributed by atoms with Crippen LogP contribution in [0.25, 0.3) is 0 Å². The topological polar surface area (TPSA) is 58.5 Å². The van der Waals surface area contributed by atoms with Crippen LogP contribution in [0.5, 0.6) is 0 Å². The van der Waals surface area contributed by atoms with Crippen LogP contribution in [0.3, 0.4) is 0 Å². The van der Waals surface area contributed by atoms with E-state index in [9.17, 15) is 0 Å². The lowest BCUT2D eigenvalue weighted by atomic mass is 10.1. The van der Waals surface area contributed by atoms with Crippen LogP contribution >= 0.6 is 24.0 Å². The van der Waals surface area contributed by atoms with Crippen molar-refractivity contribution in [2.45, 2.75) is 32.9 Å². The summed E-state index contributed by atoms with van der Waals surface area (Å²) in [5.74, 6) is 0.810. The Labute approximate surface area is 173 Å². The molecule has 0 amide bonds. The molecule has 0 saturated heterocycles. The molecular formula is C20H29IN4O. The highest BCUT2D eigenvalue weighted by molar-refractivity contribution is 14.0. The lowest BCUT2D eigenvalue weighted by Gasteiger charge is -2.14. The summed E-state index contributed by atoms with van der Waals surface area (Å²) >= 11 is 0. The van der Waals surface area contributed by atoms with Crippen LogP contribution in [0.4, 0.5) is 0 Å². The van der Waals surface area contributed by atoms with Gasteiger partial charge in [0.2, 0.25) is 0 Å². The number of nitrogens with one attached hydrogen (secondary N) is 2. The summed E-state index contributed by atoms with van der Waals surface area (Å²) in [5, 5.41) is 6.58. The molecule has 2 aromatic rings. The number of hydrogen-bond acceptors (Lipinski definition) is 3. The zero-order valence-corrected chi connectivity index (χ0v) is 17.9. The maximum absolute atomic E-state index is 5.89. The van der Waals surface area contributed by atoms with E-state index in [0.717, 1.165) is 31.2 Å². The molecule has 0 bridgehead atoms. The molecule has 2 N–H and O–H groups in total. The Morgan fingerprint density at radius 3 is 2.58 bits per heavy atom. The highest BCUT2D eigenvalue weighted by atomic mass is 127. The van der Waals surface area contributed by atoms with Gasteiger partial charge in [0.05, 0.1) is 18.3 Å². The first-order valence-corrected chi connectivity index (χ1v) is 8.88. The second-order valence-electron chi connectivity index (χ2n) is 5.72. The summed E-state index contributed by atoms with van der Waals surface area (Å²) < 4.78 is 5.89. The van der Waals surface area contributed by atoms with E-state index in [2.05, 4.69) is 46.6 Å². The summed E-state index contributed by atoms with van der Waals surface area (Å²) in [7, 11) is 0. The van der Waals surface area contributed by atoms with Gasteiger partial charge >= 0.3 is 0 Å². The van der Waals surface area contributed by atoms with E-state index < -0.39 is 0 Å². The first-order chi connectivity index (χ1) is 12.3. The number of guanidine groups is 1. The minimum atomic E-state index is 0. The number of aromatic nitrogens is 1. The molecule has 142 valence electrons. The third-order valence-electron chi connectivity index (χ3n) is 3.72. The summed E-state index contributed by atoms with van der Waals surface area (Å²) in [6, 6.07) is 16.1. The van der Waals surface area contributed by atoms with Crippen LogP contribution in [0.1, 0.15) is 37.6 Å². The third kappa shape index (κ3) is 8.62. The van der Waals surface area contributed by atoms with Crippen molar-refractivity contribution in [3.63, 3.8) is 0 Å². The second-order valence-corrected chi connectivity index (χ2v) is 5.72. The molecule has 5 nitrogen and oxygen atoms in total. The molecular weight excluding hydrogens is 439 g/mol. The fourth-order valence-corrected chi connectivity index (χ4v) is 2.35. The van der Waals surface area contributed by atoms with Gasteiger partial charge in [0.15, 0.2) is 5.96 Å². The number of pyridine rings is 1. The Morgan fingerprint density at radius 1 is 1.12 bits per heavy atom. The minimum absolute atomic E-state index is 0. The van der Waals surface area contributed by atoms with E-state index in [1.54, 1.807) is 6.20 Å². The van der Waals surface area contributed by atoms with Crippen molar-refractivity contribution in [2.24, 2.45) is 4.99 Å². The standard InChI is InChI=1S/C20H28N4O.HI/c1-3-21-20(24-16-19-12-7-8-13-22-19)23-14-9-15-25-17(2)18-10-5-4-6-11-18;/h4-8,10-13,17H,3,9,14-16H2,1-2H3,(H2,21,23,24);1H. The van der Waals surface area contributed by atoms with Gasteiger partial charge in [-0.2, -0.15) is 0 Å². The van der Waals surface area contributed by atoms with Crippen LogP contribution in [-0.4, -0.2) is 30.6 Å². The van der Waals surface area contributed by atoms with Crippen LogP contribution in [-0.2, 0) is 11.3 Å². The van der Waals surface area contributed by atoms with E-state index in [4.69, 9.17) is 4.74 Å². The van der Waals surface area contributed by atoms with Crippen molar-refractivity contribution in [3.05, 3.63) is 66.0 Å². The average molecular weight is 468 g/mol. The smallest absolute Gasteiger partial charge is 0.191 e. The molecule has 1 atom stereocenters. The van der Waals surface area contributed by atoms with E-state index in [1.807, 2.05) is 36.4 Å². The molecule has 1 aromatic carbocycles. The number of aliphatic imine (C=N–C) groups is 1. The maximum atomic E-state index is 5.89. The quantitative estimate of drug-likeness (QED) is 0.254. The summed E-state index contributed by atoms with van der Waals surface area (Å²) in [5.41, 5.74) is 2.17. The summed E-state index contributed by atoms with van der Waals surface area (Å²) in [6.45, 7) is 7.06. The van der Waals surface area contributed by atoms with E-state index >= 15 is 0 Å². The van der Waals surface area contributed by atoms with Crippen LogP contribution in [0, 0.1) is 0 Å². The van der Waals surface area contributed by atoms with Crippen molar-refractivity contribution in [1.29, 1.82) is 0 Å². The van der Waals surface area contributed by atoms with Crippen molar-refractivity contribution >= 4 is 29.9 Å². The average Bonchev–Trinajstić information content (AvgIpc) is 2.67. The number of ether oxygens (including phenoxy) is 1. The molecule has 2 rings (SSSR count). The number of hydrogen-bond donors (Lipinski definition) is 2. The van der Waals surface area contributed by atoms with Gasteiger partial charge in [0.25, 0.3) is 0 Å². The van der Waals surface area contributed by atoms with Gasteiger partial charge in [-0.1, -0.05) is 36.4 Å². The molecule has 6 heteroatoms. The molecule has 0 aliphatic carbocycles. The van der Waals surface area contributed by atoms with Crippen molar-refractivity contribution in [3.8, 4) is 0 Å². The number of benzene rings is 1. The van der Waals surface area contributed by atoms with Gasteiger partial charge in [0, 0.05) is 25.9 Å². The monoisotopic (exact) mass is 468 g/mol.